The number of esters is 1. The molecule has 3 rings (SSSR count). The summed E-state index contributed by atoms with van der Waals surface area (Å²) in [6.45, 7) is 1.23. The number of alkyl halides is 2. The lowest BCUT2D eigenvalue weighted by molar-refractivity contribution is -0.173. The van der Waals surface area contributed by atoms with Crippen molar-refractivity contribution in [3.8, 4) is 11.3 Å². The Balaban J connectivity index is 2.46. The van der Waals surface area contributed by atoms with Gasteiger partial charge >= 0.3 is 11.9 Å². The third-order valence-electron chi connectivity index (χ3n) is 4.20. The Kier molecular flexibility index (Phi) is 4.59. The quantitative estimate of drug-likeness (QED) is 0.666. The number of para-hydroxylation sites is 1. The Hall–Kier alpha value is -3.02. The van der Waals surface area contributed by atoms with Crippen molar-refractivity contribution in [1.29, 1.82) is 0 Å². The van der Waals surface area contributed by atoms with Crippen molar-refractivity contribution < 1.29 is 18.3 Å². The summed E-state index contributed by atoms with van der Waals surface area (Å²) < 4.78 is 36.0. The van der Waals surface area contributed by atoms with Gasteiger partial charge in [-0.1, -0.05) is 42.5 Å². The molecule has 0 saturated heterocycles. The second-order valence-electron chi connectivity index (χ2n) is 5.79. The number of pyridine rings is 1. The molecule has 134 valence electrons. The number of nitrogens with zero attached hydrogens (tertiary/aromatic N) is 1. The molecule has 0 unspecified atom stereocenters. The molecule has 0 aliphatic rings. The van der Waals surface area contributed by atoms with Crippen molar-refractivity contribution in [2.24, 2.45) is 7.05 Å². The number of carbonyl (C=O) groups excluding carboxylic acids is 1. The van der Waals surface area contributed by atoms with Crippen LogP contribution in [0.1, 0.15) is 12.5 Å². The van der Waals surface area contributed by atoms with Crippen LogP contribution in [0.4, 0.5) is 8.78 Å². The molecule has 0 N–H and O–H groups in total. The lowest BCUT2D eigenvalue weighted by Gasteiger charge is -2.22. The van der Waals surface area contributed by atoms with Gasteiger partial charge in [0.2, 0.25) is 0 Å². The summed E-state index contributed by atoms with van der Waals surface area (Å²) in [6, 6.07) is 14.8. The third-order valence-corrected chi connectivity index (χ3v) is 4.20. The van der Waals surface area contributed by atoms with Gasteiger partial charge in [-0.25, -0.2) is 4.79 Å². The van der Waals surface area contributed by atoms with Gasteiger partial charge in [-0.15, -0.1) is 0 Å². The predicted molar refractivity (Wildman–Crippen MR) is 95.2 cm³/mol. The molecule has 2 aromatic carbocycles. The Morgan fingerprint density at radius 3 is 2.35 bits per heavy atom. The number of benzene rings is 2. The van der Waals surface area contributed by atoms with Crippen LogP contribution in [0.3, 0.4) is 0 Å². The number of aryl methyl sites for hydroxylation is 1. The lowest BCUT2D eigenvalue weighted by Crippen LogP contribution is -2.35. The molecule has 1 aromatic heterocycles. The third kappa shape index (κ3) is 2.77. The van der Waals surface area contributed by atoms with E-state index in [1.807, 2.05) is 0 Å². The highest BCUT2D eigenvalue weighted by molar-refractivity contribution is 5.89. The molecule has 6 heteroatoms. The fourth-order valence-electron chi connectivity index (χ4n) is 3.04. The lowest BCUT2D eigenvalue weighted by atomic mass is 9.97. The van der Waals surface area contributed by atoms with Crippen molar-refractivity contribution >= 4 is 16.9 Å². The molecule has 0 fully saturated rings. The molecule has 0 aliphatic carbocycles. The van der Waals surface area contributed by atoms with Crippen LogP contribution in [-0.4, -0.2) is 17.1 Å². The summed E-state index contributed by atoms with van der Waals surface area (Å²) in [6.07, 6.45) is 0. The highest BCUT2D eigenvalue weighted by Gasteiger charge is 2.47. The number of aromatic nitrogens is 1. The topological polar surface area (TPSA) is 48.3 Å². The van der Waals surface area contributed by atoms with E-state index in [9.17, 15) is 18.4 Å². The molecule has 0 atom stereocenters. The molecule has 4 nitrogen and oxygen atoms in total. The van der Waals surface area contributed by atoms with E-state index in [0.29, 0.717) is 11.1 Å². The number of hydrogen-bond acceptors (Lipinski definition) is 3. The normalized spacial score (nSPS) is 11.5. The molecule has 0 aliphatic heterocycles. The van der Waals surface area contributed by atoms with Crippen LogP contribution < -0.4 is 5.43 Å². The van der Waals surface area contributed by atoms with Gasteiger partial charge in [0.1, 0.15) is 5.56 Å². The zero-order valence-electron chi connectivity index (χ0n) is 14.3. The zero-order valence-corrected chi connectivity index (χ0v) is 14.3. The summed E-state index contributed by atoms with van der Waals surface area (Å²) >= 11 is 0. The predicted octanol–water partition coefficient (Wildman–Crippen LogP) is 3.86. The maximum atomic E-state index is 15.0. The van der Waals surface area contributed by atoms with Crippen molar-refractivity contribution in [1.82, 2.24) is 4.57 Å². The van der Waals surface area contributed by atoms with E-state index >= 15 is 0 Å². The zero-order chi connectivity index (χ0) is 18.9. The highest BCUT2D eigenvalue weighted by Crippen LogP contribution is 2.36. The Bertz CT molecular complexity index is 1030. The summed E-state index contributed by atoms with van der Waals surface area (Å²) in [5.41, 5.74) is -0.845. The number of carbonyl (C=O) groups is 1. The van der Waals surface area contributed by atoms with E-state index < -0.39 is 22.9 Å². The first kappa shape index (κ1) is 17.8. The van der Waals surface area contributed by atoms with E-state index in [2.05, 4.69) is 4.74 Å². The minimum Gasteiger partial charge on any atom is -0.461 e. The van der Waals surface area contributed by atoms with Crippen molar-refractivity contribution in [3.05, 3.63) is 70.4 Å². The van der Waals surface area contributed by atoms with Crippen molar-refractivity contribution in [2.75, 3.05) is 6.61 Å². The van der Waals surface area contributed by atoms with Crippen molar-refractivity contribution in [2.45, 2.75) is 12.8 Å². The van der Waals surface area contributed by atoms with Crippen LogP contribution in [0.2, 0.25) is 0 Å². The first-order valence-corrected chi connectivity index (χ1v) is 8.12. The first-order chi connectivity index (χ1) is 12.4. The Morgan fingerprint density at radius 1 is 1.08 bits per heavy atom. The van der Waals surface area contributed by atoms with Crippen molar-refractivity contribution in [3.63, 3.8) is 0 Å². The molecular formula is C20H17F2NO3. The number of halogens is 2. The maximum Gasteiger partial charge on any atom is 0.382 e. The SMILES string of the molecule is CCOC(=O)C(F)(F)c1c(-c2ccccc2)n(C)c2ccccc2c1=O. The fourth-order valence-corrected chi connectivity index (χ4v) is 3.04. The molecular weight excluding hydrogens is 340 g/mol. The van der Waals surface area contributed by atoms with Gasteiger partial charge in [-0.05, 0) is 24.6 Å². The Morgan fingerprint density at radius 2 is 1.69 bits per heavy atom. The molecule has 0 bridgehead atoms. The van der Waals surface area contributed by atoms with Gasteiger partial charge in [-0.3, -0.25) is 4.79 Å². The van der Waals surface area contributed by atoms with Gasteiger partial charge in [0, 0.05) is 12.4 Å². The highest BCUT2D eigenvalue weighted by atomic mass is 19.3. The van der Waals surface area contributed by atoms with Crippen LogP contribution in [-0.2, 0) is 22.5 Å². The number of rotatable bonds is 4. The molecule has 26 heavy (non-hydrogen) atoms. The van der Waals surface area contributed by atoms with E-state index in [4.69, 9.17) is 0 Å². The summed E-state index contributed by atoms with van der Waals surface area (Å²) in [5, 5.41) is 0.119. The minimum absolute atomic E-state index is 0.00708. The second kappa shape index (κ2) is 6.71. The minimum atomic E-state index is -4.07. The van der Waals surface area contributed by atoms with Crippen LogP contribution >= 0.6 is 0 Å². The summed E-state index contributed by atoms with van der Waals surface area (Å²) in [4.78, 5) is 24.9. The second-order valence-corrected chi connectivity index (χ2v) is 5.79. The fraction of sp³-hybridized carbons (Fsp3) is 0.200. The summed E-state index contributed by atoms with van der Waals surface area (Å²) in [5.74, 6) is -5.80. The average Bonchev–Trinajstić information content (AvgIpc) is 2.65. The standard InChI is InChI=1S/C20H17F2NO3/c1-3-26-19(25)20(21,22)16-17(13-9-5-4-6-10-13)23(2)15-12-8-7-11-14(15)18(16)24/h4-12H,3H2,1-2H3. The molecule has 1 heterocycles. The largest absolute Gasteiger partial charge is 0.461 e. The Labute approximate surface area is 148 Å². The molecule has 0 saturated carbocycles. The number of ether oxygens (including phenoxy) is 1. The van der Waals surface area contributed by atoms with Gasteiger partial charge in [0.05, 0.1) is 17.8 Å². The van der Waals surface area contributed by atoms with Gasteiger partial charge < -0.3 is 9.30 Å². The van der Waals surface area contributed by atoms with E-state index in [-0.39, 0.29) is 17.7 Å². The van der Waals surface area contributed by atoms with Gasteiger partial charge in [0.25, 0.3) is 0 Å². The van der Waals surface area contributed by atoms with E-state index in [0.717, 1.165) is 0 Å². The van der Waals surface area contributed by atoms with Crippen LogP contribution in [0, 0.1) is 0 Å². The average molecular weight is 357 g/mol. The van der Waals surface area contributed by atoms with E-state index in [1.54, 1.807) is 55.6 Å². The number of fused-ring (bicyclic) bond motifs is 1. The maximum absolute atomic E-state index is 15.0. The number of hydrogen-bond donors (Lipinski definition) is 0. The molecule has 0 radical (unpaired) electrons. The van der Waals surface area contributed by atoms with Gasteiger partial charge in [0.15, 0.2) is 5.43 Å². The monoisotopic (exact) mass is 357 g/mol. The molecule has 0 spiro atoms. The summed E-state index contributed by atoms with van der Waals surface area (Å²) in [7, 11) is 1.59. The van der Waals surface area contributed by atoms with E-state index in [1.165, 1.54) is 17.6 Å². The molecule has 0 amide bonds. The smallest absolute Gasteiger partial charge is 0.382 e. The van der Waals surface area contributed by atoms with Gasteiger partial charge in [-0.2, -0.15) is 8.78 Å². The van der Waals surface area contributed by atoms with Crippen LogP contribution in [0.5, 0.6) is 0 Å². The first-order valence-electron chi connectivity index (χ1n) is 8.12. The van der Waals surface area contributed by atoms with Crippen LogP contribution in [0.25, 0.3) is 22.2 Å². The van der Waals surface area contributed by atoms with Crippen LogP contribution in [0.15, 0.2) is 59.4 Å². The molecule has 3 aromatic rings.